The summed E-state index contributed by atoms with van der Waals surface area (Å²) < 4.78 is 4.72. The van der Waals surface area contributed by atoms with E-state index in [0.717, 1.165) is 42.7 Å². The summed E-state index contributed by atoms with van der Waals surface area (Å²) in [5.41, 5.74) is 1.40. The highest BCUT2D eigenvalue weighted by Crippen LogP contribution is 2.23. The Labute approximate surface area is 117 Å². The summed E-state index contributed by atoms with van der Waals surface area (Å²) in [6.45, 7) is 2.04. The number of hydrogen-bond acceptors (Lipinski definition) is 5. The van der Waals surface area contributed by atoms with Crippen LogP contribution in [0.5, 0.6) is 0 Å². The number of benzene rings is 1. The lowest BCUT2D eigenvalue weighted by Crippen LogP contribution is -2.27. The van der Waals surface area contributed by atoms with Crippen molar-refractivity contribution in [1.29, 1.82) is 0 Å². The van der Waals surface area contributed by atoms with Crippen LogP contribution in [-0.4, -0.2) is 36.1 Å². The fourth-order valence-electron chi connectivity index (χ4n) is 2.57. The van der Waals surface area contributed by atoms with Gasteiger partial charge in [0, 0.05) is 17.5 Å². The molecule has 1 fully saturated rings. The van der Waals surface area contributed by atoms with Crippen LogP contribution in [0.15, 0.2) is 24.4 Å². The number of piperidine rings is 1. The Morgan fingerprint density at radius 3 is 2.90 bits per heavy atom. The first-order valence-corrected chi connectivity index (χ1v) is 6.83. The number of ether oxygens (including phenoxy) is 1. The monoisotopic (exact) mass is 271 g/mol. The molecule has 0 bridgehead atoms. The number of nitrogens with zero attached hydrogens (tertiary/aromatic N) is 2. The predicted octanol–water partition coefficient (Wildman–Crippen LogP) is 1.88. The maximum atomic E-state index is 11.5. The standard InChI is InChI=1S/C15H17N3O2/c1-20-15(19)11-2-3-13-12(8-11)9-17-14(18-13)10-4-6-16-7-5-10/h2-3,8-10,16H,4-7H2,1H3. The minimum absolute atomic E-state index is 0.339. The number of carbonyl (C=O) groups excluding carboxylic acids is 1. The number of carbonyl (C=O) groups is 1. The summed E-state index contributed by atoms with van der Waals surface area (Å²) in [5, 5.41) is 4.21. The average Bonchev–Trinajstić information content (AvgIpc) is 2.54. The Balaban J connectivity index is 1.93. The van der Waals surface area contributed by atoms with Crippen molar-refractivity contribution in [2.45, 2.75) is 18.8 Å². The summed E-state index contributed by atoms with van der Waals surface area (Å²) in [6.07, 6.45) is 3.95. The van der Waals surface area contributed by atoms with Crippen LogP contribution in [-0.2, 0) is 4.74 Å². The fraction of sp³-hybridized carbons (Fsp3) is 0.400. The normalized spacial score (nSPS) is 16.2. The molecule has 5 nitrogen and oxygen atoms in total. The van der Waals surface area contributed by atoms with E-state index in [4.69, 9.17) is 4.74 Å². The van der Waals surface area contributed by atoms with Gasteiger partial charge in [-0.15, -0.1) is 0 Å². The number of fused-ring (bicyclic) bond motifs is 1. The van der Waals surface area contributed by atoms with Crippen molar-refractivity contribution >= 4 is 16.9 Å². The quantitative estimate of drug-likeness (QED) is 0.845. The second kappa shape index (κ2) is 5.54. The average molecular weight is 271 g/mol. The molecule has 104 valence electrons. The van der Waals surface area contributed by atoms with E-state index >= 15 is 0 Å². The number of hydrogen-bond donors (Lipinski definition) is 1. The van der Waals surface area contributed by atoms with Gasteiger partial charge in [-0.25, -0.2) is 14.8 Å². The molecule has 20 heavy (non-hydrogen) atoms. The zero-order chi connectivity index (χ0) is 13.9. The van der Waals surface area contributed by atoms with Gasteiger partial charge in [0.2, 0.25) is 0 Å². The first-order valence-electron chi connectivity index (χ1n) is 6.83. The summed E-state index contributed by atoms with van der Waals surface area (Å²) in [7, 11) is 1.38. The van der Waals surface area contributed by atoms with Gasteiger partial charge in [-0.1, -0.05) is 0 Å². The molecule has 0 unspecified atom stereocenters. The SMILES string of the molecule is COC(=O)c1ccc2nc(C3CCNCC3)ncc2c1. The molecule has 1 aromatic carbocycles. The van der Waals surface area contributed by atoms with Gasteiger partial charge < -0.3 is 10.1 Å². The molecule has 1 aromatic heterocycles. The van der Waals surface area contributed by atoms with E-state index in [-0.39, 0.29) is 5.97 Å². The number of rotatable bonds is 2. The van der Waals surface area contributed by atoms with Crippen molar-refractivity contribution in [1.82, 2.24) is 15.3 Å². The molecule has 1 aliphatic heterocycles. The molecular weight excluding hydrogens is 254 g/mol. The first kappa shape index (κ1) is 13.0. The third-order valence-electron chi connectivity index (χ3n) is 3.72. The Morgan fingerprint density at radius 1 is 1.35 bits per heavy atom. The van der Waals surface area contributed by atoms with E-state index in [1.807, 2.05) is 6.07 Å². The Morgan fingerprint density at radius 2 is 2.15 bits per heavy atom. The molecule has 0 saturated carbocycles. The third-order valence-corrected chi connectivity index (χ3v) is 3.72. The summed E-state index contributed by atoms with van der Waals surface area (Å²) in [5.74, 6) is 1.00. The van der Waals surface area contributed by atoms with Gasteiger partial charge in [0.25, 0.3) is 0 Å². The van der Waals surface area contributed by atoms with Gasteiger partial charge in [0.1, 0.15) is 5.82 Å². The molecule has 1 aliphatic rings. The van der Waals surface area contributed by atoms with Gasteiger partial charge in [0.05, 0.1) is 18.2 Å². The van der Waals surface area contributed by atoms with Crippen LogP contribution in [0.3, 0.4) is 0 Å². The van der Waals surface area contributed by atoms with Crippen LogP contribution in [0.25, 0.3) is 10.9 Å². The van der Waals surface area contributed by atoms with E-state index < -0.39 is 0 Å². The van der Waals surface area contributed by atoms with Crippen LogP contribution in [0, 0.1) is 0 Å². The predicted molar refractivity (Wildman–Crippen MR) is 75.7 cm³/mol. The molecule has 0 atom stereocenters. The Hall–Kier alpha value is -2.01. The molecule has 0 aliphatic carbocycles. The lowest BCUT2D eigenvalue weighted by molar-refractivity contribution is 0.0601. The molecule has 3 rings (SSSR count). The molecular formula is C15H17N3O2. The van der Waals surface area contributed by atoms with Gasteiger partial charge in [-0.3, -0.25) is 0 Å². The largest absolute Gasteiger partial charge is 0.465 e. The second-order valence-electron chi connectivity index (χ2n) is 5.02. The van der Waals surface area contributed by atoms with Crippen LogP contribution < -0.4 is 5.32 Å². The van der Waals surface area contributed by atoms with Crippen molar-refractivity contribution in [2.24, 2.45) is 0 Å². The summed E-state index contributed by atoms with van der Waals surface area (Å²) >= 11 is 0. The number of nitrogens with one attached hydrogen (secondary N) is 1. The third kappa shape index (κ3) is 2.49. The van der Waals surface area contributed by atoms with Gasteiger partial charge in [-0.05, 0) is 44.1 Å². The minimum Gasteiger partial charge on any atom is -0.465 e. The number of aromatic nitrogens is 2. The zero-order valence-electron chi connectivity index (χ0n) is 11.4. The topological polar surface area (TPSA) is 64.1 Å². The van der Waals surface area contributed by atoms with Crippen LogP contribution in [0.2, 0.25) is 0 Å². The molecule has 2 aromatic rings. The molecule has 0 radical (unpaired) electrons. The molecule has 0 amide bonds. The van der Waals surface area contributed by atoms with Crippen LogP contribution in [0.4, 0.5) is 0 Å². The molecule has 1 N–H and O–H groups in total. The fourth-order valence-corrected chi connectivity index (χ4v) is 2.57. The van der Waals surface area contributed by atoms with E-state index in [1.54, 1.807) is 18.3 Å². The maximum Gasteiger partial charge on any atom is 0.337 e. The highest BCUT2D eigenvalue weighted by Gasteiger charge is 2.18. The maximum absolute atomic E-state index is 11.5. The van der Waals surface area contributed by atoms with Crippen molar-refractivity contribution < 1.29 is 9.53 Å². The van der Waals surface area contributed by atoms with Crippen LogP contribution in [0.1, 0.15) is 34.9 Å². The molecule has 2 heterocycles. The lowest BCUT2D eigenvalue weighted by atomic mass is 9.97. The Bertz CT molecular complexity index is 636. The highest BCUT2D eigenvalue weighted by atomic mass is 16.5. The summed E-state index contributed by atoms with van der Waals surface area (Å²) in [4.78, 5) is 20.6. The van der Waals surface area contributed by atoms with Crippen molar-refractivity contribution in [3.05, 3.63) is 35.8 Å². The van der Waals surface area contributed by atoms with E-state index in [0.29, 0.717) is 11.5 Å². The Kier molecular flexibility index (Phi) is 3.60. The molecule has 5 heteroatoms. The second-order valence-corrected chi connectivity index (χ2v) is 5.02. The van der Waals surface area contributed by atoms with E-state index in [1.165, 1.54) is 7.11 Å². The smallest absolute Gasteiger partial charge is 0.337 e. The minimum atomic E-state index is -0.339. The number of methoxy groups -OCH3 is 1. The van der Waals surface area contributed by atoms with Crippen molar-refractivity contribution in [3.63, 3.8) is 0 Å². The van der Waals surface area contributed by atoms with Crippen molar-refractivity contribution in [2.75, 3.05) is 20.2 Å². The number of esters is 1. The lowest BCUT2D eigenvalue weighted by Gasteiger charge is -2.21. The zero-order valence-corrected chi connectivity index (χ0v) is 11.4. The van der Waals surface area contributed by atoms with E-state index in [9.17, 15) is 4.79 Å². The van der Waals surface area contributed by atoms with Gasteiger partial charge >= 0.3 is 5.97 Å². The first-order chi connectivity index (χ1) is 9.78. The van der Waals surface area contributed by atoms with Gasteiger partial charge in [-0.2, -0.15) is 0 Å². The molecule has 1 saturated heterocycles. The molecule has 0 spiro atoms. The van der Waals surface area contributed by atoms with E-state index in [2.05, 4.69) is 15.3 Å². The van der Waals surface area contributed by atoms with Crippen LogP contribution >= 0.6 is 0 Å². The van der Waals surface area contributed by atoms with Gasteiger partial charge in [0.15, 0.2) is 0 Å². The highest BCUT2D eigenvalue weighted by molar-refractivity contribution is 5.94. The summed E-state index contributed by atoms with van der Waals surface area (Å²) in [6, 6.07) is 5.37. The van der Waals surface area contributed by atoms with Crippen molar-refractivity contribution in [3.8, 4) is 0 Å².